The smallest absolute Gasteiger partial charge is 0.271 e. The van der Waals surface area contributed by atoms with E-state index in [1.165, 1.54) is 11.3 Å². The van der Waals surface area contributed by atoms with Crippen molar-refractivity contribution in [3.8, 4) is 11.5 Å². The van der Waals surface area contributed by atoms with Crippen molar-refractivity contribution in [2.24, 2.45) is 4.99 Å². The maximum atomic E-state index is 13.8. The van der Waals surface area contributed by atoms with E-state index in [9.17, 15) is 14.7 Å². The second-order valence-electron chi connectivity index (χ2n) is 8.00. The number of hydrogen-bond donors (Lipinski definition) is 1. The van der Waals surface area contributed by atoms with E-state index in [4.69, 9.17) is 4.74 Å². The van der Waals surface area contributed by atoms with Gasteiger partial charge in [0.05, 0.1) is 22.9 Å². The van der Waals surface area contributed by atoms with Crippen molar-refractivity contribution in [3.05, 3.63) is 89.0 Å². The highest BCUT2D eigenvalue weighted by Gasteiger charge is 2.35. The van der Waals surface area contributed by atoms with Crippen molar-refractivity contribution in [1.29, 1.82) is 0 Å². The van der Waals surface area contributed by atoms with E-state index in [1.54, 1.807) is 47.8 Å². The Morgan fingerprint density at radius 2 is 1.97 bits per heavy atom. The number of allylic oxidation sites excluding steroid dienone is 1. The average molecular weight is 556 g/mol. The summed E-state index contributed by atoms with van der Waals surface area (Å²) in [4.78, 5) is 34.3. The number of phenolic OH excluding ortho intramolecular Hbond substituents is 1. The number of halogens is 1. The number of hydrogen-bond acceptors (Lipinski definition) is 6. The number of likely N-dealkylation sites (N-methyl/N-ethyl adjacent to an activating group) is 1. The molecule has 0 spiro atoms. The van der Waals surface area contributed by atoms with Gasteiger partial charge in [-0.2, -0.15) is 0 Å². The molecule has 1 amide bonds. The summed E-state index contributed by atoms with van der Waals surface area (Å²) in [5.41, 5.74) is 1.94. The minimum absolute atomic E-state index is 0.0638. The summed E-state index contributed by atoms with van der Waals surface area (Å²) < 4.78 is 8.37. The van der Waals surface area contributed by atoms with Gasteiger partial charge in [0.1, 0.15) is 17.5 Å². The highest BCUT2D eigenvalue weighted by Crippen LogP contribution is 2.36. The van der Waals surface area contributed by atoms with Crippen LogP contribution >= 0.6 is 27.3 Å². The fourth-order valence-electron chi connectivity index (χ4n) is 4.25. The van der Waals surface area contributed by atoms with Crippen LogP contribution in [0.1, 0.15) is 37.9 Å². The zero-order valence-electron chi connectivity index (χ0n) is 19.9. The lowest BCUT2D eigenvalue weighted by Crippen LogP contribution is -2.43. The maximum Gasteiger partial charge on any atom is 0.271 e. The molecule has 0 radical (unpaired) electrons. The van der Waals surface area contributed by atoms with E-state index in [0.717, 1.165) is 4.47 Å². The predicted octanol–water partition coefficient (Wildman–Crippen LogP) is 3.58. The lowest BCUT2D eigenvalue weighted by atomic mass is 9.94. The van der Waals surface area contributed by atoms with Gasteiger partial charge in [0.15, 0.2) is 4.80 Å². The predicted molar refractivity (Wildman–Crippen MR) is 140 cm³/mol. The van der Waals surface area contributed by atoms with Crippen LogP contribution in [0.4, 0.5) is 0 Å². The molecule has 7 nitrogen and oxygen atoms in total. The summed E-state index contributed by atoms with van der Waals surface area (Å²) >= 11 is 4.63. The number of aromatic nitrogens is 1. The zero-order chi connectivity index (χ0) is 25.3. The number of rotatable bonds is 6. The average Bonchev–Trinajstić information content (AvgIpc) is 3.15. The molecule has 1 aromatic heterocycles. The Kier molecular flexibility index (Phi) is 7.28. The molecule has 2 heterocycles. The van der Waals surface area contributed by atoms with E-state index in [1.807, 2.05) is 38.1 Å². The number of amides is 1. The summed E-state index contributed by atoms with van der Waals surface area (Å²) in [5.74, 6) is 0.483. The monoisotopic (exact) mass is 555 g/mol. The Morgan fingerprint density at radius 1 is 1.26 bits per heavy atom. The van der Waals surface area contributed by atoms with Gasteiger partial charge in [-0.15, -0.1) is 0 Å². The van der Waals surface area contributed by atoms with Gasteiger partial charge in [-0.3, -0.25) is 14.2 Å². The largest absolute Gasteiger partial charge is 0.507 e. The molecular formula is C26H26BrN3O4S. The highest BCUT2D eigenvalue weighted by molar-refractivity contribution is 9.10. The van der Waals surface area contributed by atoms with E-state index in [-0.39, 0.29) is 17.2 Å². The van der Waals surface area contributed by atoms with Crippen LogP contribution in [0.25, 0.3) is 6.08 Å². The minimum Gasteiger partial charge on any atom is -0.507 e. The second-order valence-corrected chi connectivity index (χ2v) is 9.93. The molecular weight excluding hydrogens is 530 g/mol. The van der Waals surface area contributed by atoms with Gasteiger partial charge in [0.2, 0.25) is 0 Å². The first kappa shape index (κ1) is 24.9. The fourth-order valence-corrected chi connectivity index (χ4v) is 5.66. The Morgan fingerprint density at radius 3 is 2.66 bits per heavy atom. The van der Waals surface area contributed by atoms with E-state index < -0.39 is 6.04 Å². The Hall–Kier alpha value is -3.17. The van der Waals surface area contributed by atoms with Crippen LogP contribution in [0.5, 0.6) is 11.5 Å². The highest BCUT2D eigenvalue weighted by atomic mass is 79.9. The summed E-state index contributed by atoms with van der Waals surface area (Å²) in [6.07, 6.45) is 1.65. The first-order valence-corrected chi connectivity index (χ1v) is 12.8. The lowest BCUT2D eigenvalue weighted by Gasteiger charge is -2.29. The SMILES string of the molecule is CCN(CC)C(=O)C1=C(C)N=c2s/c(=C/c3cc(Br)ccc3O)c(=O)n2[C@H]1c1ccccc1OC. The molecule has 1 atom stereocenters. The van der Waals surface area contributed by atoms with Gasteiger partial charge in [-0.05, 0) is 51.1 Å². The number of fused-ring (bicyclic) bond motifs is 1. The van der Waals surface area contributed by atoms with Gasteiger partial charge >= 0.3 is 0 Å². The minimum atomic E-state index is -0.700. The van der Waals surface area contributed by atoms with Crippen LogP contribution in [0, 0.1) is 0 Å². The van der Waals surface area contributed by atoms with Crippen LogP contribution in [0.15, 0.2) is 68.0 Å². The molecule has 1 aliphatic rings. The molecule has 182 valence electrons. The standard InChI is InChI=1S/C26H26BrN3O4S/c1-5-29(6-2)25(33)22-15(3)28-26-30(23(22)18-9-7-8-10-20(18)34-4)24(32)21(35-26)14-16-13-17(27)11-12-19(16)31/h7-14,23,31H,5-6H2,1-4H3/b21-14+/t23-/m0/s1. The number of para-hydroxylation sites is 1. The molecule has 1 N–H and O–H groups in total. The molecule has 9 heteroatoms. The number of phenols is 1. The van der Waals surface area contributed by atoms with Gasteiger partial charge in [-0.1, -0.05) is 45.5 Å². The van der Waals surface area contributed by atoms with Gasteiger partial charge in [-0.25, -0.2) is 4.99 Å². The van der Waals surface area contributed by atoms with Crippen molar-refractivity contribution in [2.75, 3.05) is 20.2 Å². The molecule has 1 aliphatic heterocycles. The quantitative estimate of drug-likeness (QED) is 0.503. The van der Waals surface area contributed by atoms with Gasteiger partial charge in [0.25, 0.3) is 11.5 Å². The number of benzene rings is 2. The Balaban J connectivity index is 2.02. The molecule has 0 saturated carbocycles. The summed E-state index contributed by atoms with van der Waals surface area (Å²) in [5, 5.41) is 10.3. The second kappa shape index (κ2) is 10.2. The molecule has 0 unspecified atom stereocenters. The van der Waals surface area contributed by atoms with Gasteiger partial charge < -0.3 is 14.7 Å². The molecule has 2 aromatic carbocycles. The molecule has 0 aliphatic carbocycles. The third-order valence-electron chi connectivity index (χ3n) is 6.01. The summed E-state index contributed by atoms with van der Waals surface area (Å²) in [7, 11) is 1.57. The Bertz CT molecular complexity index is 1500. The number of carbonyl (C=O) groups is 1. The normalized spacial score (nSPS) is 15.6. The number of aromatic hydroxyl groups is 1. The first-order chi connectivity index (χ1) is 16.8. The summed E-state index contributed by atoms with van der Waals surface area (Å²) in [6, 6.07) is 11.7. The third kappa shape index (κ3) is 4.58. The van der Waals surface area contributed by atoms with Crippen molar-refractivity contribution in [3.63, 3.8) is 0 Å². The van der Waals surface area contributed by atoms with Crippen LogP contribution in [0.2, 0.25) is 0 Å². The molecule has 0 bridgehead atoms. The topological polar surface area (TPSA) is 84.1 Å². The van der Waals surface area contributed by atoms with Crippen molar-refractivity contribution >= 4 is 39.2 Å². The van der Waals surface area contributed by atoms with Gasteiger partial charge in [0, 0.05) is 28.7 Å². The van der Waals surface area contributed by atoms with Crippen LogP contribution in [0.3, 0.4) is 0 Å². The van der Waals surface area contributed by atoms with E-state index in [0.29, 0.717) is 50.6 Å². The number of nitrogens with zero attached hydrogens (tertiary/aromatic N) is 3. The van der Waals surface area contributed by atoms with Crippen LogP contribution in [-0.2, 0) is 4.79 Å². The van der Waals surface area contributed by atoms with Crippen molar-refractivity contribution in [2.45, 2.75) is 26.8 Å². The van der Waals surface area contributed by atoms with Crippen molar-refractivity contribution < 1.29 is 14.6 Å². The number of methoxy groups -OCH3 is 1. The lowest BCUT2D eigenvalue weighted by molar-refractivity contribution is -0.127. The van der Waals surface area contributed by atoms with Crippen molar-refractivity contribution in [1.82, 2.24) is 9.47 Å². The number of carbonyl (C=O) groups excluding carboxylic acids is 1. The number of ether oxygens (including phenoxy) is 1. The molecule has 4 rings (SSSR count). The maximum absolute atomic E-state index is 13.8. The molecule has 0 fully saturated rings. The van der Waals surface area contributed by atoms with E-state index in [2.05, 4.69) is 20.9 Å². The zero-order valence-corrected chi connectivity index (χ0v) is 22.3. The summed E-state index contributed by atoms with van der Waals surface area (Å²) in [6.45, 7) is 6.73. The third-order valence-corrected chi connectivity index (χ3v) is 7.49. The van der Waals surface area contributed by atoms with E-state index >= 15 is 0 Å². The molecule has 0 saturated heterocycles. The van der Waals surface area contributed by atoms with Crippen LogP contribution < -0.4 is 19.6 Å². The Labute approximate surface area is 215 Å². The first-order valence-electron chi connectivity index (χ1n) is 11.2. The fraction of sp³-hybridized carbons (Fsp3) is 0.269. The van der Waals surface area contributed by atoms with Crippen LogP contribution in [-0.4, -0.2) is 40.7 Å². The molecule has 3 aromatic rings. The number of thiazole rings is 1. The molecule has 35 heavy (non-hydrogen) atoms.